The molecule has 1 atom stereocenters. The Morgan fingerprint density at radius 3 is 2.75 bits per heavy atom. The van der Waals surface area contributed by atoms with E-state index in [1.54, 1.807) is 0 Å². The molecule has 0 aliphatic carbocycles. The van der Waals surface area contributed by atoms with Crippen LogP contribution >= 0.6 is 0 Å². The molecule has 0 saturated carbocycles. The molecule has 0 bridgehead atoms. The third-order valence-corrected chi connectivity index (χ3v) is 1.72. The van der Waals surface area contributed by atoms with Crippen LogP contribution in [0.25, 0.3) is 0 Å². The number of hydrogen-bond acceptors (Lipinski definition) is 3. The van der Waals surface area contributed by atoms with Gasteiger partial charge in [0, 0.05) is 6.61 Å². The molecular formula is C9H18O3. The molecule has 0 amide bonds. The molecule has 1 fully saturated rings. The predicted molar refractivity (Wildman–Crippen MR) is 46.0 cm³/mol. The van der Waals surface area contributed by atoms with Gasteiger partial charge in [-0.25, -0.2) is 0 Å². The summed E-state index contributed by atoms with van der Waals surface area (Å²) in [7, 11) is 0. The van der Waals surface area contributed by atoms with Crippen molar-refractivity contribution in [2.24, 2.45) is 0 Å². The second-order valence-corrected chi connectivity index (χ2v) is 3.53. The van der Waals surface area contributed by atoms with E-state index in [0.29, 0.717) is 13.2 Å². The topological polar surface area (TPSA) is 27.7 Å². The van der Waals surface area contributed by atoms with E-state index in [2.05, 4.69) is 6.92 Å². The van der Waals surface area contributed by atoms with Gasteiger partial charge in [0.25, 0.3) is 0 Å². The van der Waals surface area contributed by atoms with Gasteiger partial charge in [0.05, 0.1) is 13.2 Å². The van der Waals surface area contributed by atoms with Gasteiger partial charge in [0.1, 0.15) is 6.10 Å². The lowest BCUT2D eigenvalue weighted by Gasteiger charge is -2.16. The molecule has 0 radical (unpaired) electrons. The van der Waals surface area contributed by atoms with Crippen molar-refractivity contribution in [3.05, 3.63) is 0 Å². The fourth-order valence-electron chi connectivity index (χ4n) is 1.20. The van der Waals surface area contributed by atoms with E-state index in [-0.39, 0.29) is 6.10 Å². The van der Waals surface area contributed by atoms with Crippen molar-refractivity contribution >= 4 is 0 Å². The molecule has 1 aliphatic heterocycles. The second-order valence-electron chi connectivity index (χ2n) is 3.53. The zero-order valence-electron chi connectivity index (χ0n) is 8.13. The maximum atomic E-state index is 5.55. The van der Waals surface area contributed by atoms with Crippen molar-refractivity contribution in [1.82, 2.24) is 0 Å². The standard InChI is InChI=1S/C9H18O3/c1-4-5-10-6-8-7-11-9(2,3)12-8/h8H,4-7H2,1-3H3/t8-/m0/s1. The van der Waals surface area contributed by atoms with Gasteiger partial charge < -0.3 is 14.2 Å². The molecule has 0 N–H and O–H groups in total. The van der Waals surface area contributed by atoms with Gasteiger partial charge in [-0.1, -0.05) is 6.92 Å². The molecule has 0 aromatic heterocycles. The first kappa shape index (κ1) is 9.96. The summed E-state index contributed by atoms with van der Waals surface area (Å²) in [5.41, 5.74) is 0. The molecule has 72 valence electrons. The first-order valence-corrected chi connectivity index (χ1v) is 4.53. The largest absolute Gasteiger partial charge is 0.379 e. The third kappa shape index (κ3) is 3.09. The SMILES string of the molecule is CCCOC[C@H]1COC(C)(C)O1. The molecule has 1 rings (SSSR count). The molecule has 0 unspecified atom stereocenters. The summed E-state index contributed by atoms with van der Waals surface area (Å²) in [5, 5.41) is 0. The molecule has 12 heavy (non-hydrogen) atoms. The molecule has 1 saturated heterocycles. The van der Waals surface area contributed by atoms with Crippen LogP contribution in [-0.2, 0) is 14.2 Å². The summed E-state index contributed by atoms with van der Waals surface area (Å²) in [4.78, 5) is 0. The van der Waals surface area contributed by atoms with Crippen molar-refractivity contribution in [3.63, 3.8) is 0 Å². The van der Waals surface area contributed by atoms with Crippen LogP contribution in [0.1, 0.15) is 27.2 Å². The fraction of sp³-hybridized carbons (Fsp3) is 1.00. The third-order valence-electron chi connectivity index (χ3n) is 1.72. The normalized spacial score (nSPS) is 27.8. The molecule has 3 heteroatoms. The first-order chi connectivity index (χ1) is 5.64. The van der Waals surface area contributed by atoms with Crippen LogP contribution in [-0.4, -0.2) is 31.7 Å². The Morgan fingerprint density at radius 1 is 1.50 bits per heavy atom. The fourth-order valence-corrected chi connectivity index (χ4v) is 1.20. The highest BCUT2D eigenvalue weighted by molar-refractivity contribution is 4.69. The second kappa shape index (κ2) is 4.21. The molecule has 0 aromatic carbocycles. The Morgan fingerprint density at radius 2 is 2.25 bits per heavy atom. The van der Waals surface area contributed by atoms with Gasteiger partial charge in [0.15, 0.2) is 5.79 Å². The minimum absolute atomic E-state index is 0.117. The van der Waals surface area contributed by atoms with Crippen molar-refractivity contribution in [1.29, 1.82) is 0 Å². The van der Waals surface area contributed by atoms with E-state index in [1.165, 1.54) is 0 Å². The maximum Gasteiger partial charge on any atom is 0.163 e. The minimum atomic E-state index is -0.416. The Hall–Kier alpha value is -0.120. The summed E-state index contributed by atoms with van der Waals surface area (Å²) in [6, 6.07) is 0. The van der Waals surface area contributed by atoms with E-state index in [4.69, 9.17) is 14.2 Å². The summed E-state index contributed by atoms with van der Waals surface area (Å²) in [5.74, 6) is -0.416. The highest BCUT2D eigenvalue weighted by atomic mass is 16.7. The van der Waals surface area contributed by atoms with Crippen molar-refractivity contribution in [3.8, 4) is 0 Å². The zero-order valence-corrected chi connectivity index (χ0v) is 8.13. The van der Waals surface area contributed by atoms with Gasteiger partial charge in [-0.05, 0) is 20.3 Å². The summed E-state index contributed by atoms with van der Waals surface area (Å²) < 4.78 is 16.3. The molecular weight excluding hydrogens is 156 g/mol. The average Bonchev–Trinajstić information content (AvgIpc) is 2.31. The maximum absolute atomic E-state index is 5.55. The quantitative estimate of drug-likeness (QED) is 0.605. The first-order valence-electron chi connectivity index (χ1n) is 4.53. The van der Waals surface area contributed by atoms with Crippen molar-refractivity contribution in [2.45, 2.75) is 39.1 Å². The Kier molecular flexibility index (Phi) is 3.50. The van der Waals surface area contributed by atoms with Crippen LogP contribution in [0.2, 0.25) is 0 Å². The minimum Gasteiger partial charge on any atom is -0.379 e. The molecule has 0 spiro atoms. The molecule has 1 heterocycles. The Labute approximate surface area is 74.0 Å². The van der Waals surface area contributed by atoms with Gasteiger partial charge in [-0.15, -0.1) is 0 Å². The van der Waals surface area contributed by atoms with E-state index >= 15 is 0 Å². The van der Waals surface area contributed by atoms with Crippen molar-refractivity contribution in [2.75, 3.05) is 19.8 Å². The highest BCUT2D eigenvalue weighted by Gasteiger charge is 2.32. The number of hydrogen-bond donors (Lipinski definition) is 0. The summed E-state index contributed by atoms with van der Waals surface area (Å²) >= 11 is 0. The zero-order chi connectivity index (χ0) is 9.03. The van der Waals surface area contributed by atoms with Gasteiger partial charge in [-0.2, -0.15) is 0 Å². The number of rotatable bonds is 4. The van der Waals surface area contributed by atoms with Crippen LogP contribution in [0, 0.1) is 0 Å². The molecule has 0 aromatic rings. The van der Waals surface area contributed by atoms with E-state index < -0.39 is 5.79 Å². The smallest absolute Gasteiger partial charge is 0.163 e. The van der Waals surface area contributed by atoms with Crippen molar-refractivity contribution < 1.29 is 14.2 Å². The van der Waals surface area contributed by atoms with Gasteiger partial charge in [-0.3, -0.25) is 0 Å². The predicted octanol–water partition coefficient (Wildman–Crippen LogP) is 1.56. The van der Waals surface area contributed by atoms with Gasteiger partial charge in [0.2, 0.25) is 0 Å². The van der Waals surface area contributed by atoms with Crippen LogP contribution in [0.5, 0.6) is 0 Å². The van der Waals surface area contributed by atoms with Crippen LogP contribution in [0.4, 0.5) is 0 Å². The van der Waals surface area contributed by atoms with E-state index in [1.807, 2.05) is 13.8 Å². The lowest BCUT2D eigenvalue weighted by molar-refractivity contribution is -0.145. The van der Waals surface area contributed by atoms with E-state index in [0.717, 1.165) is 13.0 Å². The lowest BCUT2D eigenvalue weighted by atomic mass is 10.4. The molecule has 1 aliphatic rings. The average molecular weight is 174 g/mol. The van der Waals surface area contributed by atoms with Crippen LogP contribution in [0.3, 0.4) is 0 Å². The monoisotopic (exact) mass is 174 g/mol. The Balaban J connectivity index is 2.11. The summed E-state index contributed by atoms with van der Waals surface area (Å²) in [6.45, 7) is 8.05. The molecule has 3 nitrogen and oxygen atoms in total. The lowest BCUT2D eigenvalue weighted by Crippen LogP contribution is -2.24. The van der Waals surface area contributed by atoms with Crippen LogP contribution in [0.15, 0.2) is 0 Å². The highest BCUT2D eigenvalue weighted by Crippen LogP contribution is 2.22. The van der Waals surface area contributed by atoms with Gasteiger partial charge >= 0.3 is 0 Å². The Bertz CT molecular complexity index is 134. The number of ether oxygens (including phenoxy) is 3. The van der Waals surface area contributed by atoms with E-state index in [9.17, 15) is 0 Å². The van der Waals surface area contributed by atoms with Crippen LogP contribution < -0.4 is 0 Å². The summed E-state index contributed by atoms with van der Waals surface area (Å²) in [6.07, 6.45) is 1.17.